The number of halogens is 1. The molecule has 1 amide bonds. The van der Waals surface area contributed by atoms with Crippen LogP contribution >= 0.6 is 11.6 Å². The number of nitrogens with zero attached hydrogens (tertiary/aromatic N) is 2. The van der Waals surface area contributed by atoms with Crippen molar-refractivity contribution in [1.82, 2.24) is 4.90 Å². The molecule has 0 unspecified atom stereocenters. The van der Waals surface area contributed by atoms with Crippen molar-refractivity contribution in [1.29, 1.82) is 0 Å². The van der Waals surface area contributed by atoms with E-state index in [9.17, 15) is 4.79 Å². The molecule has 0 radical (unpaired) electrons. The third kappa shape index (κ3) is 5.99. The number of carbonyl (C=O) groups excluding carboxylic acids is 1. The average Bonchev–Trinajstić information content (AvgIpc) is 2.84. The second kappa shape index (κ2) is 10.8. The zero-order valence-electron chi connectivity index (χ0n) is 18.8. The summed E-state index contributed by atoms with van der Waals surface area (Å²) in [5.41, 5.74) is 5.73. The highest BCUT2D eigenvalue weighted by molar-refractivity contribution is 6.30. The molecular weight excluding hydrogens is 416 g/mol. The zero-order chi connectivity index (χ0) is 22.3. The number of hydrogen-bond acceptors (Lipinski definition) is 2. The van der Waals surface area contributed by atoms with Crippen LogP contribution < -0.4 is 4.90 Å². The van der Waals surface area contributed by atoms with Crippen LogP contribution in [0.4, 0.5) is 5.69 Å². The Morgan fingerprint density at radius 2 is 1.38 bits per heavy atom. The first-order valence-corrected chi connectivity index (χ1v) is 11.9. The van der Waals surface area contributed by atoms with Gasteiger partial charge in [0.15, 0.2) is 0 Å². The van der Waals surface area contributed by atoms with E-state index in [2.05, 4.69) is 53.4 Å². The van der Waals surface area contributed by atoms with Gasteiger partial charge in [0.05, 0.1) is 0 Å². The van der Waals surface area contributed by atoms with Gasteiger partial charge in [0, 0.05) is 30.7 Å². The Hall–Kier alpha value is -2.62. The molecule has 1 heterocycles. The first kappa shape index (κ1) is 22.6. The monoisotopic (exact) mass is 446 g/mol. The predicted octanol–water partition coefficient (Wildman–Crippen LogP) is 6.59. The minimum atomic E-state index is 0.135. The maximum absolute atomic E-state index is 12.7. The lowest BCUT2D eigenvalue weighted by Crippen LogP contribution is -2.29. The Labute approximate surface area is 196 Å². The quantitative estimate of drug-likeness (QED) is 0.408. The molecular formula is C28H31ClN2O. The van der Waals surface area contributed by atoms with Crippen molar-refractivity contribution in [2.24, 2.45) is 0 Å². The highest BCUT2D eigenvalue weighted by atomic mass is 35.5. The van der Waals surface area contributed by atoms with Gasteiger partial charge in [-0.15, -0.1) is 0 Å². The van der Waals surface area contributed by atoms with Crippen LogP contribution in [0.3, 0.4) is 0 Å². The third-order valence-electron chi connectivity index (χ3n) is 6.31. The number of benzene rings is 3. The molecule has 1 aliphatic rings. The van der Waals surface area contributed by atoms with Crippen molar-refractivity contribution < 1.29 is 4.79 Å². The summed E-state index contributed by atoms with van der Waals surface area (Å²) in [6.45, 7) is 3.39. The molecule has 1 fully saturated rings. The summed E-state index contributed by atoms with van der Waals surface area (Å²) in [6.07, 6.45) is 5.19. The fourth-order valence-corrected chi connectivity index (χ4v) is 4.40. The van der Waals surface area contributed by atoms with Crippen LogP contribution in [0.5, 0.6) is 0 Å². The number of amides is 1. The number of anilines is 1. The maximum Gasteiger partial charge on any atom is 0.227 e. The van der Waals surface area contributed by atoms with Crippen molar-refractivity contribution >= 4 is 23.2 Å². The van der Waals surface area contributed by atoms with Gasteiger partial charge in [-0.2, -0.15) is 0 Å². The average molecular weight is 447 g/mol. The van der Waals surface area contributed by atoms with Gasteiger partial charge in [0.1, 0.15) is 0 Å². The van der Waals surface area contributed by atoms with Gasteiger partial charge in [-0.1, -0.05) is 66.6 Å². The largest absolute Gasteiger partial charge is 0.315 e. The van der Waals surface area contributed by atoms with Crippen LogP contribution in [0.25, 0.3) is 11.1 Å². The number of aryl methyl sites for hydroxylation is 1. The van der Waals surface area contributed by atoms with Crippen LogP contribution in [0.1, 0.15) is 36.8 Å². The topological polar surface area (TPSA) is 23.6 Å². The standard InChI is InChI=1S/C28H31ClN2O/c1-30(27-16-7-23(8-17-27)21-31-19-3-2-4-20-31)28(32)18-9-22-5-10-24(11-6-22)25-12-14-26(29)15-13-25/h5-8,10-17H,2-4,9,18-21H2,1H3. The molecule has 0 bridgehead atoms. The number of piperidine rings is 1. The molecule has 32 heavy (non-hydrogen) atoms. The molecule has 3 nitrogen and oxygen atoms in total. The van der Waals surface area contributed by atoms with E-state index in [1.807, 2.05) is 31.3 Å². The summed E-state index contributed by atoms with van der Waals surface area (Å²) < 4.78 is 0. The van der Waals surface area contributed by atoms with Gasteiger partial charge in [0.2, 0.25) is 5.91 Å². The summed E-state index contributed by atoms with van der Waals surface area (Å²) in [4.78, 5) is 17.0. The predicted molar refractivity (Wildman–Crippen MR) is 134 cm³/mol. The Morgan fingerprint density at radius 1 is 0.812 bits per heavy atom. The minimum Gasteiger partial charge on any atom is -0.315 e. The maximum atomic E-state index is 12.7. The smallest absolute Gasteiger partial charge is 0.227 e. The lowest BCUT2D eigenvalue weighted by Gasteiger charge is -2.26. The molecule has 0 atom stereocenters. The highest BCUT2D eigenvalue weighted by Crippen LogP contribution is 2.23. The molecule has 1 saturated heterocycles. The summed E-state index contributed by atoms with van der Waals surface area (Å²) in [7, 11) is 1.87. The molecule has 0 aliphatic carbocycles. The van der Waals surface area contributed by atoms with Crippen molar-refractivity contribution in [2.75, 3.05) is 25.0 Å². The minimum absolute atomic E-state index is 0.135. The molecule has 166 valence electrons. The molecule has 1 aliphatic heterocycles. The van der Waals surface area contributed by atoms with Gasteiger partial charge in [-0.3, -0.25) is 9.69 Å². The van der Waals surface area contributed by atoms with E-state index < -0.39 is 0 Å². The Kier molecular flexibility index (Phi) is 7.62. The van der Waals surface area contributed by atoms with E-state index in [4.69, 9.17) is 11.6 Å². The first-order valence-electron chi connectivity index (χ1n) is 11.5. The molecule has 4 heteroatoms. The second-order valence-electron chi connectivity index (χ2n) is 8.66. The Balaban J connectivity index is 1.29. The third-order valence-corrected chi connectivity index (χ3v) is 6.56. The SMILES string of the molecule is CN(C(=O)CCc1ccc(-c2ccc(Cl)cc2)cc1)c1ccc(CN2CCCCC2)cc1. The number of carbonyl (C=O) groups is 1. The van der Waals surface area contributed by atoms with E-state index in [1.54, 1.807) is 4.90 Å². The molecule has 0 spiro atoms. The van der Waals surface area contributed by atoms with Crippen molar-refractivity contribution in [2.45, 2.75) is 38.6 Å². The molecule has 0 saturated carbocycles. The summed E-state index contributed by atoms with van der Waals surface area (Å²) >= 11 is 5.97. The molecule has 0 aromatic heterocycles. The Morgan fingerprint density at radius 3 is 2.00 bits per heavy atom. The van der Waals surface area contributed by atoms with Crippen LogP contribution in [0.15, 0.2) is 72.8 Å². The van der Waals surface area contributed by atoms with Crippen LogP contribution in [0.2, 0.25) is 5.02 Å². The molecule has 0 N–H and O–H groups in total. The number of hydrogen-bond donors (Lipinski definition) is 0. The number of likely N-dealkylation sites (tertiary alicyclic amines) is 1. The summed E-state index contributed by atoms with van der Waals surface area (Å²) in [5.74, 6) is 0.135. The summed E-state index contributed by atoms with van der Waals surface area (Å²) in [5, 5.41) is 0.740. The second-order valence-corrected chi connectivity index (χ2v) is 9.10. The van der Waals surface area contributed by atoms with Gasteiger partial charge in [0.25, 0.3) is 0 Å². The lowest BCUT2D eigenvalue weighted by atomic mass is 10.0. The Bertz CT molecular complexity index is 1010. The zero-order valence-corrected chi connectivity index (χ0v) is 19.5. The van der Waals surface area contributed by atoms with Crippen molar-refractivity contribution in [3.63, 3.8) is 0 Å². The van der Waals surface area contributed by atoms with E-state index >= 15 is 0 Å². The van der Waals surface area contributed by atoms with Gasteiger partial charge in [-0.05, 0) is 78.9 Å². The summed E-state index contributed by atoms with van der Waals surface area (Å²) in [6, 6.07) is 24.7. The van der Waals surface area contributed by atoms with Crippen molar-refractivity contribution in [3.8, 4) is 11.1 Å². The lowest BCUT2D eigenvalue weighted by molar-refractivity contribution is -0.118. The van der Waals surface area contributed by atoms with Gasteiger partial charge >= 0.3 is 0 Å². The van der Waals surface area contributed by atoms with Crippen molar-refractivity contribution in [3.05, 3.63) is 88.9 Å². The first-order chi connectivity index (χ1) is 15.6. The molecule has 3 aromatic carbocycles. The van der Waals surface area contributed by atoms with Crippen LogP contribution in [-0.4, -0.2) is 30.9 Å². The van der Waals surface area contributed by atoms with Gasteiger partial charge < -0.3 is 4.90 Å². The molecule has 4 rings (SSSR count). The highest BCUT2D eigenvalue weighted by Gasteiger charge is 2.13. The normalized spacial score (nSPS) is 14.3. The van der Waals surface area contributed by atoms with E-state index in [0.717, 1.165) is 34.8 Å². The van der Waals surface area contributed by atoms with Crippen LogP contribution in [-0.2, 0) is 17.8 Å². The van der Waals surface area contributed by atoms with E-state index in [1.165, 1.54) is 43.5 Å². The number of rotatable bonds is 7. The fraction of sp³-hybridized carbons (Fsp3) is 0.321. The van der Waals surface area contributed by atoms with Gasteiger partial charge in [-0.25, -0.2) is 0 Å². The van der Waals surface area contributed by atoms with E-state index in [0.29, 0.717) is 6.42 Å². The molecule has 3 aromatic rings. The van der Waals surface area contributed by atoms with E-state index in [-0.39, 0.29) is 5.91 Å². The fourth-order valence-electron chi connectivity index (χ4n) is 4.27. The van der Waals surface area contributed by atoms with Crippen LogP contribution in [0, 0.1) is 0 Å².